The van der Waals surface area contributed by atoms with Crippen LogP contribution in [0, 0.1) is 18.3 Å². The van der Waals surface area contributed by atoms with E-state index >= 15 is 0 Å². The highest BCUT2D eigenvalue weighted by atomic mass is 16.5. The molecule has 0 bridgehead atoms. The van der Waals surface area contributed by atoms with E-state index in [4.69, 9.17) is 4.74 Å². The minimum absolute atomic E-state index is 0.124. The number of ether oxygens (including phenoxy) is 1. The van der Waals surface area contributed by atoms with Crippen molar-refractivity contribution in [2.45, 2.75) is 40.7 Å². The normalized spacial score (nSPS) is 18.1. The Bertz CT molecular complexity index is 471. The Kier molecular flexibility index (Phi) is 4.36. The van der Waals surface area contributed by atoms with E-state index in [-0.39, 0.29) is 17.4 Å². The molecule has 0 spiro atoms. The van der Waals surface area contributed by atoms with Crippen LogP contribution in [0.4, 0.5) is 5.69 Å². The van der Waals surface area contributed by atoms with Crippen molar-refractivity contribution in [3.8, 4) is 0 Å². The van der Waals surface area contributed by atoms with E-state index in [0.29, 0.717) is 0 Å². The van der Waals surface area contributed by atoms with Gasteiger partial charge in [0.05, 0.1) is 12.5 Å². The van der Waals surface area contributed by atoms with Gasteiger partial charge in [-0.3, -0.25) is 4.99 Å². The molecule has 1 unspecified atom stereocenters. The Morgan fingerprint density at radius 1 is 1.20 bits per heavy atom. The third-order valence-electron chi connectivity index (χ3n) is 3.81. The molecular weight excluding hydrogens is 248 g/mol. The summed E-state index contributed by atoms with van der Waals surface area (Å²) in [4.78, 5) is 4.48. The van der Waals surface area contributed by atoms with E-state index in [0.717, 1.165) is 24.7 Å². The number of nitrogens with zero attached hydrogens (tertiary/aromatic N) is 1. The molecular formula is C17H26N2O. The Labute approximate surface area is 122 Å². The number of nitrogens with one attached hydrogen (secondary N) is 1. The summed E-state index contributed by atoms with van der Waals surface area (Å²) in [6.07, 6.45) is 0. The highest BCUT2D eigenvalue weighted by Crippen LogP contribution is 2.30. The fraction of sp³-hybridized carbons (Fsp3) is 0.588. The minimum Gasteiger partial charge on any atom is -0.479 e. The lowest BCUT2D eigenvalue weighted by Crippen LogP contribution is -2.42. The highest BCUT2D eigenvalue weighted by molar-refractivity contribution is 5.81. The van der Waals surface area contributed by atoms with Gasteiger partial charge in [0.15, 0.2) is 5.90 Å². The molecule has 3 nitrogen and oxygen atoms in total. The maximum Gasteiger partial charge on any atom is 0.188 e. The number of benzene rings is 1. The van der Waals surface area contributed by atoms with Crippen LogP contribution in [-0.4, -0.2) is 25.1 Å². The number of anilines is 1. The smallest absolute Gasteiger partial charge is 0.188 e. The quantitative estimate of drug-likeness (QED) is 0.903. The van der Waals surface area contributed by atoms with Gasteiger partial charge in [-0.2, -0.15) is 0 Å². The molecule has 1 heterocycles. The van der Waals surface area contributed by atoms with Gasteiger partial charge < -0.3 is 10.1 Å². The van der Waals surface area contributed by atoms with Crippen LogP contribution in [0.15, 0.2) is 29.3 Å². The summed E-state index contributed by atoms with van der Waals surface area (Å²) >= 11 is 0. The van der Waals surface area contributed by atoms with Crippen LogP contribution in [0.1, 0.15) is 33.3 Å². The van der Waals surface area contributed by atoms with Crippen molar-refractivity contribution in [1.82, 2.24) is 0 Å². The third-order valence-corrected chi connectivity index (χ3v) is 3.81. The Balaban J connectivity index is 2.17. The molecule has 0 radical (unpaired) electrons. The first-order chi connectivity index (χ1) is 9.38. The summed E-state index contributed by atoms with van der Waals surface area (Å²) in [7, 11) is 0. The van der Waals surface area contributed by atoms with Crippen molar-refractivity contribution in [1.29, 1.82) is 0 Å². The zero-order chi connectivity index (χ0) is 14.8. The lowest BCUT2D eigenvalue weighted by molar-refractivity contribution is 0.264. The van der Waals surface area contributed by atoms with Gasteiger partial charge in [0.1, 0.15) is 6.61 Å². The molecule has 1 aliphatic rings. The van der Waals surface area contributed by atoms with E-state index in [9.17, 15) is 0 Å². The Hall–Kier alpha value is -1.51. The molecule has 2 rings (SSSR count). The molecule has 0 saturated heterocycles. The molecule has 3 heteroatoms. The van der Waals surface area contributed by atoms with E-state index in [2.05, 4.69) is 69.2 Å². The Morgan fingerprint density at radius 2 is 1.85 bits per heavy atom. The van der Waals surface area contributed by atoms with Gasteiger partial charge in [0, 0.05) is 11.7 Å². The van der Waals surface area contributed by atoms with Crippen LogP contribution >= 0.6 is 0 Å². The summed E-state index contributed by atoms with van der Waals surface area (Å²) < 4.78 is 5.66. The van der Waals surface area contributed by atoms with Crippen molar-refractivity contribution >= 4 is 11.6 Å². The molecule has 1 N–H and O–H groups in total. The van der Waals surface area contributed by atoms with E-state index < -0.39 is 0 Å². The van der Waals surface area contributed by atoms with E-state index in [1.54, 1.807) is 0 Å². The van der Waals surface area contributed by atoms with Gasteiger partial charge in [-0.15, -0.1) is 0 Å². The molecule has 1 aliphatic heterocycles. The predicted octanol–water partition coefficient (Wildman–Crippen LogP) is 3.89. The average molecular weight is 274 g/mol. The average Bonchev–Trinajstić information content (AvgIpc) is 2.89. The lowest BCUT2D eigenvalue weighted by Gasteiger charge is -2.36. The van der Waals surface area contributed by atoms with Crippen LogP contribution in [0.3, 0.4) is 0 Å². The molecule has 0 fully saturated rings. The molecule has 110 valence electrons. The fourth-order valence-electron chi connectivity index (χ4n) is 2.69. The van der Waals surface area contributed by atoms with E-state index in [1.165, 1.54) is 5.56 Å². The molecule has 1 aromatic carbocycles. The first-order valence-electron chi connectivity index (χ1n) is 7.38. The van der Waals surface area contributed by atoms with Gasteiger partial charge in [0.25, 0.3) is 0 Å². The van der Waals surface area contributed by atoms with Gasteiger partial charge >= 0.3 is 0 Å². The summed E-state index contributed by atoms with van der Waals surface area (Å²) in [5, 5.41) is 3.66. The number of aryl methyl sites for hydroxylation is 1. The lowest BCUT2D eigenvalue weighted by atomic mass is 9.79. The summed E-state index contributed by atoms with van der Waals surface area (Å²) in [6.45, 7) is 12.6. The second-order valence-corrected chi connectivity index (χ2v) is 6.71. The van der Waals surface area contributed by atoms with Crippen LogP contribution in [-0.2, 0) is 4.74 Å². The van der Waals surface area contributed by atoms with Crippen molar-refractivity contribution in [2.24, 2.45) is 16.3 Å². The minimum atomic E-state index is 0.124. The SMILES string of the molecule is Cc1ccc(N[C@H](C(C)C2=NCCO2)C(C)(C)C)cc1. The standard InChI is InChI=1S/C17H26N2O/c1-12-6-8-14(9-7-12)19-15(17(3,4)5)13(2)16-18-10-11-20-16/h6-9,13,15,19H,10-11H2,1-5H3/t13?,15-/m1/s1. The van der Waals surface area contributed by atoms with Crippen molar-refractivity contribution in [2.75, 3.05) is 18.5 Å². The van der Waals surface area contributed by atoms with Crippen LogP contribution < -0.4 is 5.32 Å². The first kappa shape index (κ1) is 14.9. The summed E-state index contributed by atoms with van der Waals surface area (Å²) in [5.41, 5.74) is 2.55. The van der Waals surface area contributed by atoms with Gasteiger partial charge in [-0.1, -0.05) is 45.4 Å². The molecule has 2 atom stereocenters. The largest absolute Gasteiger partial charge is 0.479 e. The van der Waals surface area contributed by atoms with Crippen molar-refractivity contribution < 1.29 is 4.74 Å². The van der Waals surface area contributed by atoms with Gasteiger partial charge in [-0.05, 0) is 24.5 Å². The molecule has 0 aliphatic carbocycles. The number of hydrogen-bond donors (Lipinski definition) is 1. The van der Waals surface area contributed by atoms with Gasteiger partial charge in [-0.25, -0.2) is 0 Å². The fourth-order valence-corrected chi connectivity index (χ4v) is 2.69. The second-order valence-electron chi connectivity index (χ2n) is 6.71. The van der Waals surface area contributed by atoms with Crippen molar-refractivity contribution in [3.63, 3.8) is 0 Å². The topological polar surface area (TPSA) is 33.6 Å². The van der Waals surface area contributed by atoms with Gasteiger partial charge in [0.2, 0.25) is 0 Å². The van der Waals surface area contributed by atoms with E-state index in [1.807, 2.05) is 0 Å². The monoisotopic (exact) mass is 274 g/mol. The number of hydrogen-bond acceptors (Lipinski definition) is 3. The van der Waals surface area contributed by atoms with Crippen LogP contribution in [0.2, 0.25) is 0 Å². The third kappa shape index (κ3) is 3.53. The zero-order valence-electron chi connectivity index (χ0n) is 13.2. The summed E-state index contributed by atoms with van der Waals surface area (Å²) in [6, 6.07) is 8.82. The van der Waals surface area contributed by atoms with Crippen LogP contribution in [0.5, 0.6) is 0 Å². The zero-order valence-corrected chi connectivity index (χ0v) is 13.2. The summed E-state index contributed by atoms with van der Waals surface area (Å²) in [5.74, 6) is 1.16. The first-order valence-corrected chi connectivity index (χ1v) is 7.38. The number of aliphatic imine (C=N–C) groups is 1. The van der Waals surface area contributed by atoms with Crippen molar-refractivity contribution in [3.05, 3.63) is 29.8 Å². The van der Waals surface area contributed by atoms with Crippen LogP contribution in [0.25, 0.3) is 0 Å². The Morgan fingerprint density at radius 3 is 2.35 bits per heavy atom. The maximum atomic E-state index is 5.66. The molecule has 1 aromatic rings. The highest BCUT2D eigenvalue weighted by Gasteiger charge is 2.34. The maximum absolute atomic E-state index is 5.66. The molecule has 0 saturated carbocycles. The number of rotatable bonds is 4. The predicted molar refractivity (Wildman–Crippen MR) is 85.5 cm³/mol. The molecule has 0 amide bonds. The molecule has 20 heavy (non-hydrogen) atoms. The molecule has 0 aromatic heterocycles. The second kappa shape index (κ2) is 5.86.